The molecule has 0 saturated heterocycles. The summed E-state index contributed by atoms with van der Waals surface area (Å²) in [5.74, 6) is 0.442. The zero-order valence-electron chi connectivity index (χ0n) is 10.8. The van der Waals surface area contributed by atoms with E-state index in [4.69, 9.17) is 5.73 Å². The summed E-state index contributed by atoms with van der Waals surface area (Å²) in [5.41, 5.74) is 7.06. The van der Waals surface area contributed by atoms with Gasteiger partial charge in [-0.3, -0.25) is 0 Å². The predicted molar refractivity (Wildman–Crippen MR) is 74.4 cm³/mol. The number of rotatable bonds is 6. The summed E-state index contributed by atoms with van der Waals surface area (Å²) in [5, 5.41) is 7.91. The van der Waals surface area contributed by atoms with E-state index in [2.05, 4.69) is 17.2 Å². The van der Waals surface area contributed by atoms with Crippen molar-refractivity contribution in [2.75, 3.05) is 5.75 Å². The summed E-state index contributed by atoms with van der Waals surface area (Å²) < 4.78 is 14.9. The second-order valence-corrected chi connectivity index (χ2v) is 5.35. The third kappa shape index (κ3) is 3.78. The molecule has 0 spiro atoms. The van der Waals surface area contributed by atoms with Crippen LogP contribution in [0.3, 0.4) is 0 Å². The highest BCUT2D eigenvalue weighted by molar-refractivity contribution is 7.99. The molecule has 0 bridgehead atoms. The monoisotopic (exact) mass is 280 g/mol. The number of aryl methyl sites for hydroxylation is 1. The van der Waals surface area contributed by atoms with Crippen LogP contribution in [0.4, 0.5) is 4.39 Å². The van der Waals surface area contributed by atoms with Crippen LogP contribution in [0, 0.1) is 5.82 Å². The van der Waals surface area contributed by atoms with Crippen molar-refractivity contribution in [3.63, 3.8) is 0 Å². The van der Waals surface area contributed by atoms with Gasteiger partial charge in [0, 0.05) is 17.2 Å². The Kier molecular flexibility index (Phi) is 4.93. The normalized spacial score (nSPS) is 12.6. The fourth-order valence-electron chi connectivity index (χ4n) is 1.77. The number of benzene rings is 1. The average Bonchev–Trinajstić information content (AvgIpc) is 2.85. The minimum Gasteiger partial charge on any atom is -0.322 e. The molecule has 0 aliphatic carbocycles. The molecule has 1 atom stereocenters. The smallest absolute Gasteiger partial charge is 0.124 e. The highest BCUT2D eigenvalue weighted by Gasteiger charge is 2.13. The first-order chi connectivity index (χ1) is 9.20. The topological polar surface area (TPSA) is 56.7 Å². The van der Waals surface area contributed by atoms with Gasteiger partial charge >= 0.3 is 0 Å². The molecule has 1 aromatic carbocycles. The van der Waals surface area contributed by atoms with Crippen molar-refractivity contribution in [1.82, 2.24) is 15.0 Å². The lowest BCUT2D eigenvalue weighted by Crippen LogP contribution is -2.18. The Labute approximate surface area is 116 Å². The highest BCUT2D eigenvalue weighted by Crippen LogP contribution is 2.23. The van der Waals surface area contributed by atoms with E-state index in [1.165, 1.54) is 23.9 Å². The van der Waals surface area contributed by atoms with Crippen molar-refractivity contribution < 1.29 is 4.39 Å². The van der Waals surface area contributed by atoms with Gasteiger partial charge in [-0.15, -0.1) is 16.9 Å². The van der Waals surface area contributed by atoms with Gasteiger partial charge < -0.3 is 5.73 Å². The van der Waals surface area contributed by atoms with Crippen molar-refractivity contribution in [1.29, 1.82) is 0 Å². The Morgan fingerprint density at radius 3 is 3.05 bits per heavy atom. The number of nitrogens with two attached hydrogens (primary N) is 1. The van der Waals surface area contributed by atoms with Gasteiger partial charge in [-0.25, -0.2) is 9.07 Å². The fourth-order valence-corrected chi connectivity index (χ4v) is 2.68. The maximum Gasteiger partial charge on any atom is 0.124 e. The molecule has 0 radical (unpaired) electrons. The Hall–Kier alpha value is -1.40. The van der Waals surface area contributed by atoms with Gasteiger partial charge in [-0.2, -0.15) is 0 Å². The number of hydrogen-bond donors (Lipinski definition) is 1. The summed E-state index contributed by atoms with van der Waals surface area (Å²) in [7, 11) is 0. The molecule has 0 aliphatic heterocycles. The van der Waals surface area contributed by atoms with Crippen LogP contribution >= 0.6 is 11.8 Å². The predicted octanol–water partition coefficient (Wildman–Crippen LogP) is 2.62. The summed E-state index contributed by atoms with van der Waals surface area (Å²) >= 11 is 1.53. The zero-order chi connectivity index (χ0) is 13.7. The lowest BCUT2D eigenvalue weighted by atomic mass is 10.2. The molecule has 19 heavy (non-hydrogen) atoms. The summed E-state index contributed by atoms with van der Waals surface area (Å²) in [6.07, 6.45) is 2.69. The SMILES string of the molecule is CCCn1nncc1C(N)CSc1cccc(F)c1. The van der Waals surface area contributed by atoms with E-state index < -0.39 is 0 Å². The van der Waals surface area contributed by atoms with Gasteiger partial charge in [-0.05, 0) is 24.6 Å². The van der Waals surface area contributed by atoms with Gasteiger partial charge in [0.05, 0.1) is 17.9 Å². The van der Waals surface area contributed by atoms with E-state index in [1.54, 1.807) is 12.3 Å². The van der Waals surface area contributed by atoms with E-state index in [0.29, 0.717) is 5.75 Å². The molecule has 1 heterocycles. The van der Waals surface area contributed by atoms with Crippen LogP contribution in [0.1, 0.15) is 25.1 Å². The van der Waals surface area contributed by atoms with Gasteiger partial charge in [0.25, 0.3) is 0 Å². The fraction of sp³-hybridized carbons (Fsp3) is 0.385. The lowest BCUT2D eigenvalue weighted by molar-refractivity contribution is 0.539. The number of thioether (sulfide) groups is 1. The van der Waals surface area contributed by atoms with Crippen LogP contribution in [0.25, 0.3) is 0 Å². The molecule has 2 N–H and O–H groups in total. The quantitative estimate of drug-likeness (QED) is 0.826. The number of aromatic nitrogens is 3. The number of hydrogen-bond acceptors (Lipinski definition) is 4. The van der Waals surface area contributed by atoms with Crippen molar-refractivity contribution in [3.05, 3.63) is 42.0 Å². The third-order valence-corrected chi connectivity index (χ3v) is 3.80. The molecule has 0 aliphatic rings. The Balaban J connectivity index is 1.97. The number of halogens is 1. The molecular formula is C13H17FN4S. The highest BCUT2D eigenvalue weighted by atomic mass is 32.2. The van der Waals surface area contributed by atoms with Gasteiger partial charge in [0.2, 0.25) is 0 Å². The van der Waals surface area contributed by atoms with E-state index in [-0.39, 0.29) is 11.9 Å². The molecule has 1 aromatic heterocycles. The molecule has 6 heteroatoms. The van der Waals surface area contributed by atoms with Crippen LogP contribution in [0.2, 0.25) is 0 Å². The molecule has 4 nitrogen and oxygen atoms in total. The van der Waals surface area contributed by atoms with E-state index in [9.17, 15) is 4.39 Å². The van der Waals surface area contributed by atoms with Crippen molar-refractivity contribution >= 4 is 11.8 Å². The minimum atomic E-state index is -0.226. The van der Waals surface area contributed by atoms with Crippen molar-refractivity contribution in [2.24, 2.45) is 5.73 Å². The Bertz CT molecular complexity index is 529. The van der Waals surface area contributed by atoms with Crippen LogP contribution in [-0.2, 0) is 6.54 Å². The Morgan fingerprint density at radius 1 is 1.47 bits per heavy atom. The van der Waals surface area contributed by atoms with Crippen molar-refractivity contribution in [3.8, 4) is 0 Å². The minimum absolute atomic E-state index is 0.158. The molecular weight excluding hydrogens is 263 g/mol. The van der Waals surface area contributed by atoms with Gasteiger partial charge in [-0.1, -0.05) is 18.2 Å². The van der Waals surface area contributed by atoms with Crippen LogP contribution in [0.15, 0.2) is 35.4 Å². The molecule has 2 aromatic rings. The molecule has 2 rings (SSSR count). The first kappa shape index (κ1) is 14.0. The average molecular weight is 280 g/mol. The van der Waals surface area contributed by atoms with E-state index in [1.807, 2.05) is 10.7 Å². The van der Waals surface area contributed by atoms with Crippen molar-refractivity contribution in [2.45, 2.75) is 30.8 Å². The third-order valence-electron chi connectivity index (χ3n) is 2.69. The Morgan fingerprint density at radius 2 is 2.32 bits per heavy atom. The van der Waals surface area contributed by atoms with Gasteiger partial charge in [0.15, 0.2) is 0 Å². The lowest BCUT2D eigenvalue weighted by Gasteiger charge is -2.12. The first-order valence-corrected chi connectivity index (χ1v) is 7.21. The van der Waals surface area contributed by atoms with Gasteiger partial charge in [0.1, 0.15) is 5.82 Å². The number of nitrogens with zero attached hydrogens (tertiary/aromatic N) is 3. The molecule has 0 saturated carbocycles. The van der Waals surface area contributed by atoms with E-state index in [0.717, 1.165) is 23.6 Å². The summed E-state index contributed by atoms with van der Waals surface area (Å²) in [4.78, 5) is 0.880. The van der Waals surface area contributed by atoms with Crippen LogP contribution in [-0.4, -0.2) is 20.7 Å². The maximum absolute atomic E-state index is 13.1. The van der Waals surface area contributed by atoms with Crippen LogP contribution < -0.4 is 5.73 Å². The second-order valence-electron chi connectivity index (χ2n) is 4.26. The van der Waals surface area contributed by atoms with E-state index >= 15 is 0 Å². The molecule has 1 unspecified atom stereocenters. The summed E-state index contributed by atoms with van der Waals surface area (Å²) in [6, 6.07) is 6.37. The second kappa shape index (κ2) is 6.68. The standard InChI is InChI=1S/C13H17FN4S/c1-2-6-18-13(8-16-17-18)12(15)9-19-11-5-3-4-10(14)7-11/h3-5,7-8,12H,2,6,9,15H2,1H3. The first-order valence-electron chi connectivity index (χ1n) is 6.23. The molecule has 0 fully saturated rings. The molecule has 102 valence electrons. The largest absolute Gasteiger partial charge is 0.322 e. The van der Waals surface area contributed by atoms with Crippen LogP contribution in [0.5, 0.6) is 0 Å². The summed E-state index contributed by atoms with van der Waals surface area (Å²) in [6.45, 7) is 2.89. The maximum atomic E-state index is 13.1. The zero-order valence-corrected chi connectivity index (χ0v) is 11.6. The molecule has 0 amide bonds.